The van der Waals surface area contributed by atoms with Crippen molar-refractivity contribution >= 4 is 47.0 Å². The van der Waals surface area contributed by atoms with Crippen LogP contribution in [-0.2, 0) is 36.5 Å². The Kier molecular flexibility index (Phi) is 13.2. The minimum atomic E-state index is -2.99. The number of hydrogen-bond donors (Lipinski definition) is 2. The summed E-state index contributed by atoms with van der Waals surface area (Å²) in [4.78, 5) is 35.1. The number of fused-ring (bicyclic) bond motifs is 6. The van der Waals surface area contributed by atoms with Crippen molar-refractivity contribution in [1.82, 2.24) is 24.9 Å². The van der Waals surface area contributed by atoms with Crippen molar-refractivity contribution < 1.29 is 23.5 Å². The quantitative estimate of drug-likeness (QED) is 0.125. The maximum atomic E-state index is 14.1. The maximum absolute atomic E-state index is 14.1. The van der Waals surface area contributed by atoms with Crippen molar-refractivity contribution in [2.45, 2.75) is 104 Å². The highest BCUT2D eigenvalue weighted by Gasteiger charge is 2.52. The summed E-state index contributed by atoms with van der Waals surface area (Å²) in [5.41, 5.74) is 17.1. The van der Waals surface area contributed by atoms with E-state index < -0.39 is 25.8 Å². The number of rotatable bonds is 8. The number of hydrogen-bond acceptors (Lipinski definition) is 9. The van der Waals surface area contributed by atoms with Crippen LogP contribution in [0.25, 0.3) is 27.7 Å². The third kappa shape index (κ3) is 8.88. The number of benzene rings is 3. The van der Waals surface area contributed by atoms with E-state index in [2.05, 4.69) is 147 Å². The summed E-state index contributed by atoms with van der Waals surface area (Å²) < 4.78 is 22.2. The van der Waals surface area contributed by atoms with E-state index in [1.807, 2.05) is 19.2 Å². The fourth-order valence-electron chi connectivity index (χ4n) is 10.3. The van der Waals surface area contributed by atoms with E-state index in [1.54, 1.807) is 7.11 Å². The molecule has 2 unspecified atom stereocenters. The lowest BCUT2D eigenvalue weighted by atomic mass is 9.84. The van der Waals surface area contributed by atoms with Crippen molar-refractivity contribution in [3.63, 3.8) is 0 Å². The molecule has 3 aliphatic rings. The van der Waals surface area contributed by atoms with Crippen molar-refractivity contribution in [2.24, 2.45) is 11.1 Å². The lowest BCUT2D eigenvalue weighted by molar-refractivity contribution is -0.155. The van der Waals surface area contributed by atoms with Gasteiger partial charge in [0.1, 0.15) is 6.04 Å². The Morgan fingerprint density at radius 3 is 2.34 bits per heavy atom. The predicted molar refractivity (Wildman–Crippen MR) is 257 cm³/mol. The highest BCUT2D eigenvalue weighted by atomic mass is 28.4. The zero-order valence-corrected chi connectivity index (χ0v) is 39.9. The number of nitrogens with one attached hydrogen (secondary N) is 1. The van der Waals surface area contributed by atoms with Crippen LogP contribution in [0, 0.1) is 5.41 Å². The van der Waals surface area contributed by atoms with Gasteiger partial charge in [0, 0.05) is 67.9 Å². The van der Waals surface area contributed by atoms with Crippen molar-refractivity contribution in [3.8, 4) is 11.3 Å². The van der Waals surface area contributed by atoms with Crippen LogP contribution in [0.1, 0.15) is 84.2 Å². The average molecular weight is 883 g/mol. The Balaban J connectivity index is 1.33. The number of aryl methyl sites for hydroxylation is 1. The molecule has 5 aromatic rings. The van der Waals surface area contributed by atoms with Crippen molar-refractivity contribution in [1.29, 1.82) is 0 Å². The molecule has 5 heterocycles. The first kappa shape index (κ1) is 45.6. The van der Waals surface area contributed by atoms with Crippen LogP contribution in [0.3, 0.4) is 0 Å². The monoisotopic (exact) mass is 882 g/mol. The SMILES string of the molecule is CCn1c(-c2cccnc2[C@H](C)OC)c2c3cc(ccc31)C1=CC(O[Si](c3ccccc3)(c3ccccc3)C(C)(C)C)CN(C1)C[C@H](N)C(=O)N1CCC[C@H](N1)C(=O)OCC(C)(C)C2. The lowest BCUT2D eigenvalue weighted by Gasteiger charge is -2.46. The van der Waals surface area contributed by atoms with Gasteiger partial charge in [-0.2, -0.15) is 0 Å². The first-order valence-electron chi connectivity index (χ1n) is 23.0. The molecule has 2 aromatic heterocycles. The number of nitrogens with zero attached hydrogens (tertiary/aromatic N) is 4. The Hall–Kier alpha value is -4.95. The molecule has 3 aliphatic heterocycles. The number of pyridine rings is 1. The molecule has 0 radical (unpaired) electrons. The van der Waals surface area contributed by atoms with Crippen molar-refractivity contribution in [2.75, 3.05) is 39.9 Å². The predicted octanol–water partition coefficient (Wildman–Crippen LogP) is 7.02. The second-order valence-electron chi connectivity index (χ2n) is 19.7. The van der Waals surface area contributed by atoms with E-state index in [0.29, 0.717) is 45.4 Å². The van der Waals surface area contributed by atoms with E-state index >= 15 is 0 Å². The highest BCUT2D eigenvalue weighted by molar-refractivity contribution is 6.99. The van der Waals surface area contributed by atoms with Gasteiger partial charge in [-0.25, -0.2) is 5.43 Å². The van der Waals surface area contributed by atoms with Gasteiger partial charge in [0.05, 0.1) is 36.2 Å². The molecule has 0 aliphatic carbocycles. The number of amides is 1. The van der Waals surface area contributed by atoms with E-state index in [9.17, 15) is 9.59 Å². The van der Waals surface area contributed by atoms with Gasteiger partial charge in [0.15, 0.2) is 0 Å². The summed E-state index contributed by atoms with van der Waals surface area (Å²) in [6.07, 6.45) is 5.46. The number of carbonyl (C=O) groups is 2. The third-order valence-corrected chi connectivity index (χ3v) is 18.5. The fourth-order valence-corrected chi connectivity index (χ4v) is 14.9. The van der Waals surface area contributed by atoms with Gasteiger partial charge >= 0.3 is 5.97 Å². The molecular weight excluding hydrogens is 817 g/mol. The topological polar surface area (TPSA) is 124 Å². The Morgan fingerprint density at radius 1 is 0.984 bits per heavy atom. The van der Waals surface area contributed by atoms with Gasteiger partial charge in [0.25, 0.3) is 14.2 Å². The Morgan fingerprint density at radius 2 is 1.69 bits per heavy atom. The normalized spacial score (nSPS) is 22.7. The summed E-state index contributed by atoms with van der Waals surface area (Å²) in [5.74, 6) is -0.604. The Labute approximate surface area is 380 Å². The molecular formula is C52H66N6O5Si. The summed E-state index contributed by atoms with van der Waals surface area (Å²) in [6.45, 7) is 18.3. The molecule has 1 fully saturated rings. The molecule has 3 N–H and O–H groups in total. The first-order valence-corrected chi connectivity index (χ1v) is 24.9. The minimum absolute atomic E-state index is 0.200. The number of hydrazine groups is 1. The largest absolute Gasteiger partial charge is 0.464 e. The molecule has 3 aromatic carbocycles. The summed E-state index contributed by atoms with van der Waals surface area (Å²) >= 11 is 0. The number of cyclic esters (lactones) is 1. The maximum Gasteiger partial charge on any atom is 0.324 e. The number of carbonyl (C=O) groups excluding carboxylic acids is 2. The molecule has 0 saturated carbocycles. The van der Waals surface area contributed by atoms with E-state index in [0.717, 1.165) is 45.5 Å². The average Bonchev–Trinajstić information content (AvgIpc) is 3.60. The van der Waals surface area contributed by atoms with Crippen LogP contribution in [0.15, 0.2) is 103 Å². The van der Waals surface area contributed by atoms with Crippen LogP contribution >= 0.6 is 0 Å². The zero-order valence-electron chi connectivity index (χ0n) is 38.9. The van der Waals surface area contributed by atoms with Gasteiger partial charge in [-0.1, -0.05) is 107 Å². The van der Waals surface area contributed by atoms with Gasteiger partial charge in [-0.05, 0) is 89.5 Å². The zero-order chi connectivity index (χ0) is 45.4. The van der Waals surface area contributed by atoms with Gasteiger partial charge in [0.2, 0.25) is 0 Å². The third-order valence-electron chi connectivity index (χ3n) is 13.4. The molecule has 8 rings (SSSR count). The fraction of sp³-hybridized carbons (Fsp3) is 0.442. The summed E-state index contributed by atoms with van der Waals surface area (Å²) in [7, 11) is -1.27. The number of ether oxygens (including phenoxy) is 2. The molecule has 6 bridgehead atoms. The van der Waals surface area contributed by atoms with Crippen molar-refractivity contribution in [3.05, 3.63) is 120 Å². The first-order chi connectivity index (χ1) is 30.6. The molecule has 1 amide bonds. The molecule has 64 heavy (non-hydrogen) atoms. The molecule has 12 heteroatoms. The second-order valence-corrected chi connectivity index (χ2v) is 23.9. The van der Waals surface area contributed by atoms with Crippen LogP contribution in [0.2, 0.25) is 5.04 Å². The van der Waals surface area contributed by atoms with Crippen LogP contribution in [0.5, 0.6) is 0 Å². The number of methoxy groups -OCH3 is 1. The second kappa shape index (κ2) is 18.5. The number of nitrogens with two attached hydrogens (primary N) is 1. The molecule has 5 atom stereocenters. The van der Waals surface area contributed by atoms with Crippen LogP contribution in [-0.4, -0.2) is 97.7 Å². The van der Waals surface area contributed by atoms with E-state index in [4.69, 9.17) is 24.6 Å². The highest BCUT2D eigenvalue weighted by Crippen LogP contribution is 2.43. The standard InChI is InChI=1S/C52H66N6O5Si/c1-9-57-46-25-24-36-29-42(46)43(48(57)41-22-16-26-54-47(41)35(2)61-8)30-52(6,7)34-62-50(60)45-23-17-27-58(55-45)49(59)44(53)33-56-31-37(36)28-38(32-56)63-64(51(3,4)5,39-18-12-10-13-19-39)40-20-14-11-15-21-40/h10-16,18-22,24-26,28-29,35,38,44-45,55H,9,17,23,27,30-34,53H2,1-8H3/t35-,38?,44-,45-/m0/s1. The van der Waals surface area contributed by atoms with Gasteiger partial charge in [-0.3, -0.25) is 24.5 Å². The van der Waals surface area contributed by atoms with Crippen LogP contribution < -0.4 is 21.5 Å². The molecule has 0 spiro atoms. The Bertz CT molecular complexity index is 2460. The lowest BCUT2D eigenvalue weighted by Crippen LogP contribution is -2.68. The van der Waals surface area contributed by atoms with Crippen LogP contribution in [0.4, 0.5) is 0 Å². The minimum Gasteiger partial charge on any atom is -0.464 e. The number of esters is 1. The molecule has 338 valence electrons. The summed E-state index contributed by atoms with van der Waals surface area (Å²) in [6, 6.07) is 30.9. The van der Waals surface area contributed by atoms with Gasteiger partial charge < -0.3 is 24.2 Å². The van der Waals surface area contributed by atoms with E-state index in [-0.39, 0.29) is 35.7 Å². The smallest absolute Gasteiger partial charge is 0.324 e. The molecule has 1 saturated heterocycles. The van der Waals surface area contributed by atoms with E-state index in [1.165, 1.54) is 20.9 Å². The van der Waals surface area contributed by atoms with Gasteiger partial charge in [-0.15, -0.1) is 0 Å². The summed E-state index contributed by atoms with van der Waals surface area (Å²) in [5, 5.41) is 4.84. The molecule has 11 nitrogen and oxygen atoms in total. The number of aromatic nitrogens is 2.